The molecule has 1 saturated carbocycles. The molecule has 1 unspecified atom stereocenters. The van der Waals surface area contributed by atoms with Gasteiger partial charge in [-0.3, -0.25) is 0 Å². The van der Waals surface area contributed by atoms with E-state index in [9.17, 15) is 0 Å². The van der Waals surface area contributed by atoms with Crippen LogP contribution in [-0.2, 0) is 6.54 Å². The van der Waals surface area contributed by atoms with Crippen molar-refractivity contribution in [2.75, 3.05) is 0 Å². The van der Waals surface area contributed by atoms with Gasteiger partial charge < -0.3 is 5.32 Å². The highest BCUT2D eigenvalue weighted by Crippen LogP contribution is 2.35. The molecule has 1 aliphatic rings. The maximum Gasteiger partial charge on any atom is 0.0218 e. The molecule has 1 aliphatic carbocycles. The minimum absolute atomic E-state index is 0.541. The first-order valence-corrected chi connectivity index (χ1v) is 7.26. The third-order valence-electron chi connectivity index (χ3n) is 3.75. The SMILES string of the molecule is Cc1cscc1CNC1CCCC(C)(C)C1. The van der Waals surface area contributed by atoms with E-state index in [4.69, 9.17) is 0 Å². The van der Waals surface area contributed by atoms with Gasteiger partial charge in [-0.15, -0.1) is 0 Å². The van der Waals surface area contributed by atoms with Gasteiger partial charge in [0.15, 0.2) is 0 Å². The summed E-state index contributed by atoms with van der Waals surface area (Å²) in [4.78, 5) is 0. The Kier molecular flexibility index (Phi) is 3.70. The van der Waals surface area contributed by atoms with Crippen LogP contribution in [0, 0.1) is 12.3 Å². The molecule has 1 aromatic heterocycles. The fourth-order valence-corrected chi connectivity index (χ4v) is 3.55. The number of rotatable bonds is 3. The van der Waals surface area contributed by atoms with Gasteiger partial charge in [0.1, 0.15) is 0 Å². The third kappa shape index (κ3) is 3.08. The van der Waals surface area contributed by atoms with Crippen molar-refractivity contribution in [3.8, 4) is 0 Å². The summed E-state index contributed by atoms with van der Waals surface area (Å²) in [6, 6.07) is 0.725. The molecule has 1 fully saturated rings. The Balaban J connectivity index is 1.84. The second-order valence-electron chi connectivity index (χ2n) is 5.92. The summed E-state index contributed by atoms with van der Waals surface area (Å²) in [6.45, 7) is 8.06. The summed E-state index contributed by atoms with van der Waals surface area (Å²) < 4.78 is 0. The summed E-state index contributed by atoms with van der Waals surface area (Å²) in [7, 11) is 0. The van der Waals surface area contributed by atoms with Crippen LogP contribution in [0.4, 0.5) is 0 Å². The summed E-state index contributed by atoms with van der Waals surface area (Å²) in [5.74, 6) is 0. The zero-order valence-corrected chi connectivity index (χ0v) is 11.5. The number of thiophene rings is 1. The Hall–Kier alpha value is -0.340. The van der Waals surface area contributed by atoms with E-state index in [0.29, 0.717) is 5.41 Å². The third-order valence-corrected chi connectivity index (χ3v) is 4.66. The molecule has 2 rings (SSSR count). The molecule has 0 aliphatic heterocycles. The van der Waals surface area contributed by atoms with E-state index < -0.39 is 0 Å². The molecular weight excluding hydrogens is 214 g/mol. The highest BCUT2D eigenvalue weighted by molar-refractivity contribution is 7.08. The van der Waals surface area contributed by atoms with Crippen LogP contribution in [0.15, 0.2) is 10.8 Å². The second kappa shape index (κ2) is 4.89. The predicted octanol–water partition coefficient (Wildman–Crippen LogP) is 4.11. The fourth-order valence-electron chi connectivity index (χ4n) is 2.69. The molecule has 1 heterocycles. The Morgan fingerprint density at radius 1 is 1.44 bits per heavy atom. The lowest BCUT2D eigenvalue weighted by molar-refractivity contribution is 0.198. The molecule has 1 N–H and O–H groups in total. The second-order valence-corrected chi connectivity index (χ2v) is 6.66. The number of hydrogen-bond acceptors (Lipinski definition) is 2. The van der Waals surface area contributed by atoms with Crippen LogP contribution in [0.3, 0.4) is 0 Å². The molecule has 1 atom stereocenters. The lowest BCUT2D eigenvalue weighted by atomic mass is 9.75. The summed E-state index contributed by atoms with van der Waals surface area (Å²) in [5.41, 5.74) is 3.46. The van der Waals surface area contributed by atoms with Crippen LogP contribution >= 0.6 is 11.3 Å². The van der Waals surface area contributed by atoms with E-state index in [-0.39, 0.29) is 0 Å². The van der Waals surface area contributed by atoms with Crippen LogP contribution in [0.25, 0.3) is 0 Å². The molecular formula is C14H23NS. The monoisotopic (exact) mass is 237 g/mol. The van der Waals surface area contributed by atoms with Crippen molar-refractivity contribution in [2.24, 2.45) is 5.41 Å². The molecule has 16 heavy (non-hydrogen) atoms. The number of nitrogens with one attached hydrogen (secondary N) is 1. The Labute approximate surface area is 103 Å². The maximum absolute atomic E-state index is 3.73. The van der Waals surface area contributed by atoms with Crippen LogP contribution in [0.1, 0.15) is 50.7 Å². The van der Waals surface area contributed by atoms with Crippen molar-refractivity contribution in [1.29, 1.82) is 0 Å². The van der Waals surface area contributed by atoms with Gasteiger partial charge in [0.25, 0.3) is 0 Å². The average molecular weight is 237 g/mol. The smallest absolute Gasteiger partial charge is 0.0218 e. The topological polar surface area (TPSA) is 12.0 Å². The average Bonchev–Trinajstić information content (AvgIpc) is 2.60. The Morgan fingerprint density at radius 3 is 2.88 bits per heavy atom. The molecule has 0 saturated heterocycles. The normalized spacial score (nSPS) is 24.6. The summed E-state index contributed by atoms with van der Waals surface area (Å²) in [5, 5.41) is 8.24. The first kappa shape index (κ1) is 12.1. The zero-order chi connectivity index (χ0) is 11.6. The van der Waals surface area contributed by atoms with Crippen LogP contribution in [0.5, 0.6) is 0 Å². The minimum Gasteiger partial charge on any atom is -0.310 e. The van der Waals surface area contributed by atoms with E-state index >= 15 is 0 Å². The van der Waals surface area contributed by atoms with Gasteiger partial charge in [-0.2, -0.15) is 11.3 Å². The standard InChI is InChI=1S/C14H23NS/c1-11-9-16-10-12(11)8-15-13-5-4-6-14(2,3)7-13/h9-10,13,15H,4-8H2,1-3H3. The van der Waals surface area contributed by atoms with Crippen molar-refractivity contribution >= 4 is 11.3 Å². The van der Waals surface area contributed by atoms with Crippen molar-refractivity contribution in [3.05, 3.63) is 21.9 Å². The molecule has 1 nitrogen and oxygen atoms in total. The summed E-state index contributed by atoms with van der Waals surface area (Å²) in [6.07, 6.45) is 5.46. The highest BCUT2D eigenvalue weighted by atomic mass is 32.1. The quantitative estimate of drug-likeness (QED) is 0.834. The molecule has 0 radical (unpaired) electrons. The Morgan fingerprint density at radius 2 is 2.25 bits per heavy atom. The highest BCUT2D eigenvalue weighted by Gasteiger charge is 2.27. The fraction of sp³-hybridized carbons (Fsp3) is 0.714. The minimum atomic E-state index is 0.541. The van der Waals surface area contributed by atoms with Crippen LogP contribution in [-0.4, -0.2) is 6.04 Å². The van der Waals surface area contributed by atoms with Gasteiger partial charge >= 0.3 is 0 Å². The largest absolute Gasteiger partial charge is 0.310 e. The lowest BCUT2D eigenvalue weighted by Crippen LogP contribution is -2.36. The molecule has 0 aromatic carbocycles. The van der Waals surface area contributed by atoms with Gasteiger partial charge in [0.2, 0.25) is 0 Å². The molecule has 0 amide bonds. The Bertz CT molecular complexity index is 340. The maximum atomic E-state index is 3.73. The molecule has 90 valence electrons. The van der Waals surface area contributed by atoms with Gasteiger partial charge in [0.05, 0.1) is 0 Å². The van der Waals surface area contributed by atoms with Crippen LogP contribution < -0.4 is 5.32 Å². The van der Waals surface area contributed by atoms with Gasteiger partial charge in [-0.25, -0.2) is 0 Å². The van der Waals surface area contributed by atoms with Crippen molar-refractivity contribution in [3.63, 3.8) is 0 Å². The zero-order valence-electron chi connectivity index (χ0n) is 10.7. The van der Waals surface area contributed by atoms with E-state index in [2.05, 4.69) is 36.8 Å². The van der Waals surface area contributed by atoms with Crippen molar-refractivity contribution in [1.82, 2.24) is 5.32 Å². The van der Waals surface area contributed by atoms with Gasteiger partial charge in [0, 0.05) is 12.6 Å². The van der Waals surface area contributed by atoms with E-state index in [1.54, 1.807) is 0 Å². The van der Waals surface area contributed by atoms with E-state index in [1.165, 1.54) is 36.8 Å². The van der Waals surface area contributed by atoms with Gasteiger partial charge in [-0.05, 0) is 53.5 Å². The van der Waals surface area contributed by atoms with Crippen molar-refractivity contribution in [2.45, 2.75) is 59.0 Å². The first-order chi connectivity index (χ1) is 7.57. The predicted molar refractivity (Wildman–Crippen MR) is 71.9 cm³/mol. The van der Waals surface area contributed by atoms with E-state index in [0.717, 1.165) is 12.6 Å². The number of aryl methyl sites for hydroxylation is 1. The van der Waals surface area contributed by atoms with Crippen molar-refractivity contribution < 1.29 is 0 Å². The van der Waals surface area contributed by atoms with E-state index in [1.807, 2.05) is 11.3 Å². The molecule has 0 spiro atoms. The molecule has 0 bridgehead atoms. The van der Waals surface area contributed by atoms with Crippen LogP contribution in [0.2, 0.25) is 0 Å². The molecule has 2 heteroatoms. The van der Waals surface area contributed by atoms with Gasteiger partial charge in [-0.1, -0.05) is 20.3 Å². The first-order valence-electron chi connectivity index (χ1n) is 6.32. The lowest BCUT2D eigenvalue weighted by Gasteiger charge is -2.35. The molecule has 1 aromatic rings. The number of hydrogen-bond donors (Lipinski definition) is 1. The summed E-state index contributed by atoms with van der Waals surface area (Å²) >= 11 is 1.81.